The molecule has 1 aromatic rings. The topological polar surface area (TPSA) is 75.7 Å². The van der Waals surface area contributed by atoms with E-state index in [1.807, 2.05) is 12.1 Å². The second-order valence-electron chi connectivity index (χ2n) is 6.90. The third kappa shape index (κ3) is 7.72. The van der Waals surface area contributed by atoms with Crippen LogP contribution in [0.1, 0.15) is 44.1 Å². The van der Waals surface area contributed by atoms with Gasteiger partial charge in [0.15, 0.2) is 0 Å². The first-order valence-corrected chi connectivity index (χ1v) is 11.3. The van der Waals surface area contributed by atoms with Gasteiger partial charge >= 0.3 is 0 Å². The van der Waals surface area contributed by atoms with Gasteiger partial charge in [-0.15, -0.1) is 0 Å². The number of methoxy groups -OCH3 is 1. The number of sulfonamides is 1. The molecule has 0 spiro atoms. The highest BCUT2D eigenvalue weighted by molar-refractivity contribution is 7.88. The van der Waals surface area contributed by atoms with Crippen molar-refractivity contribution in [2.24, 2.45) is 0 Å². The Balaban J connectivity index is 1.80. The molecule has 1 aliphatic carbocycles. The molecule has 1 N–H and O–H groups in total. The zero-order valence-electron chi connectivity index (χ0n) is 16.2. The molecule has 0 radical (unpaired) electrons. The minimum Gasteiger partial charge on any atom is -0.497 e. The van der Waals surface area contributed by atoms with Crippen LogP contribution in [0.4, 0.5) is 0 Å². The average Bonchev–Trinajstić information content (AvgIpc) is 2.65. The smallest absolute Gasteiger partial charge is 0.221 e. The van der Waals surface area contributed by atoms with Crippen LogP contribution < -0.4 is 10.1 Å². The SMILES string of the molecule is COc1ccc(CN(CCC(=O)NCCC2=CCCCC2)S(C)(=O)=O)cc1. The molecule has 0 atom stereocenters. The number of hydrogen-bond acceptors (Lipinski definition) is 4. The Morgan fingerprint density at radius 3 is 2.56 bits per heavy atom. The van der Waals surface area contributed by atoms with E-state index in [0.29, 0.717) is 6.54 Å². The maximum atomic E-state index is 12.1. The van der Waals surface area contributed by atoms with Gasteiger partial charge < -0.3 is 10.1 Å². The largest absolute Gasteiger partial charge is 0.497 e. The van der Waals surface area contributed by atoms with Crippen molar-refractivity contribution in [3.63, 3.8) is 0 Å². The average molecular weight is 395 g/mol. The van der Waals surface area contributed by atoms with E-state index in [-0.39, 0.29) is 25.4 Å². The van der Waals surface area contributed by atoms with Gasteiger partial charge in [0.25, 0.3) is 0 Å². The van der Waals surface area contributed by atoms with E-state index in [0.717, 1.165) is 30.6 Å². The number of allylic oxidation sites excluding steroid dienone is 1. The first-order chi connectivity index (χ1) is 12.9. The van der Waals surface area contributed by atoms with Crippen molar-refractivity contribution in [3.8, 4) is 5.75 Å². The summed E-state index contributed by atoms with van der Waals surface area (Å²) in [6, 6.07) is 7.24. The summed E-state index contributed by atoms with van der Waals surface area (Å²) in [5.41, 5.74) is 2.27. The second kappa shape index (κ2) is 10.5. The van der Waals surface area contributed by atoms with E-state index in [9.17, 15) is 13.2 Å². The number of amides is 1. The number of hydrogen-bond donors (Lipinski definition) is 1. The third-order valence-electron chi connectivity index (χ3n) is 4.73. The molecule has 0 bridgehead atoms. The number of benzene rings is 1. The molecular weight excluding hydrogens is 364 g/mol. The highest BCUT2D eigenvalue weighted by Crippen LogP contribution is 2.19. The lowest BCUT2D eigenvalue weighted by molar-refractivity contribution is -0.121. The van der Waals surface area contributed by atoms with Crippen molar-refractivity contribution >= 4 is 15.9 Å². The number of nitrogens with one attached hydrogen (secondary N) is 1. The van der Waals surface area contributed by atoms with Crippen molar-refractivity contribution in [1.29, 1.82) is 0 Å². The molecule has 0 saturated carbocycles. The highest BCUT2D eigenvalue weighted by atomic mass is 32.2. The Hall–Kier alpha value is -1.86. The van der Waals surface area contributed by atoms with Crippen LogP contribution in [0.5, 0.6) is 5.75 Å². The summed E-state index contributed by atoms with van der Waals surface area (Å²) in [4.78, 5) is 12.1. The van der Waals surface area contributed by atoms with Crippen molar-refractivity contribution < 1.29 is 17.9 Å². The number of nitrogens with zero attached hydrogens (tertiary/aromatic N) is 1. The zero-order chi connectivity index (χ0) is 19.7. The summed E-state index contributed by atoms with van der Waals surface area (Å²) in [7, 11) is -1.81. The third-order valence-corrected chi connectivity index (χ3v) is 5.98. The Kier molecular flexibility index (Phi) is 8.31. The van der Waals surface area contributed by atoms with Gasteiger partial charge in [0.05, 0.1) is 13.4 Å². The van der Waals surface area contributed by atoms with Crippen molar-refractivity contribution in [2.75, 3.05) is 26.5 Å². The maximum absolute atomic E-state index is 12.1. The summed E-state index contributed by atoms with van der Waals surface area (Å²) in [5, 5.41) is 2.90. The molecule has 0 fully saturated rings. The highest BCUT2D eigenvalue weighted by Gasteiger charge is 2.18. The molecule has 2 rings (SSSR count). The Bertz CT molecular complexity index is 742. The lowest BCUT2D eigenvalue weighted by Crippen LogP contribution is -2.34. The van der Waals surface area contributed by atoms with Gasteiger partial charge in [0, 0.05) is 26.1 Å². The van der Waals surface area contributed by atoms with Gasteiger partial charge in [-0.25, -0.2) is 8.42 Å². The monoisotopic (exact) mass is 394 g/mol. The van der Waals surface area contributed by atoms with E-state index >= 15 is 0 Å². The Morgan fingerprint density at radius 1 is 1.22 bits per heavy atom. The van der Waals surface area contributed by atoms with Gasteiger partial charge in [-0.2, -0.15) is 4.31 Å². The number of carbonyl (C=O) groups excluding carboxylic acids is 1. The minimum absolute atomic E-state index is 0.116. The van der Waals surface area contributed by atoms with E-state index in [4.69, 9.17) is 4.74 Å². The van der Waals surface area contributed by atoms with Crippen LogP contribution in [0.2, 0.25) is 0 Å². The molecule has 1 aliphatic rings. The maximum Gasteiger partial charge on any atom is 0.221 e. The van der Waals surface area contributed by atoms with Crippen LogP contribution in [0.3, 0.4) is 0 Å². The molecule has 6 nitrogen and oxygen atoms in total. The quantitative estimate of drug-likeness (QED) is 0.619. The van der Waals surface area contributed by atoms with Gasteiger partial charge in [-0.1, -0.05) is 23.8 Å². The molecule has 0 saturated heterocycles. The van der Waals surface area contributed by atoms with E-state index in [1.54, 1.807) is 19.2 Å². The molecule has 7 heteroatoms. The normalized spacial score (nSPS) is 14.7. The first kappa shape index (κ1) is 21.4. The van der Waals surface area contributed by atoms with Crippen molar-refractivity contribution in [3.05, 3.63) is 41.5 Å². The minimum atomic E-state index is -3.40. The van der Waals surface area contributed by atoms with Gasteiger partial charge in [0.1, 0.15) is 5.75 Å². The second-order valence-corrected chi connectivity index (χ2v) is 8.89. The van der Waals surface area contributed by atoms with Gasteiger partial charge in [-0.3, -0.25) is 4.79 Å². The lowest BCUT2D eigenvalue weighted by atomic mass is 9.97. The van der Waals surface area contributed by atoms with Crippen LogP contribution in [-0.4, -0.2) is 45.1 Å². The standard InChI is InChI=1S/C20H30N2O4S/c1-26-19-10-8-18(9-11-19)16-22(27(2,24)25)15-13-20(23)21-14-12-17-6-4-3-5-7-17/h6,8-11H,3-5,7,12-16H2,1-2H3,(H,21,23). The van der Waals surface area contributed by atoms with Gasteiger partial charge in [0.2, 0.25) is 15.9 Å². The Morgan fingerprint density at radius 2 is 1.96 bits per heavy atom. The van der Waals surface area contributed by atoms with Crippen LogP contribution in [0.25, 0.3) is 0 Å². The summed E-state index contributed by atoms with van der Waals surface area (Å²) in [6.07, 6.45) is 9.23. The Labute approximate surface area is 162 Å². The molecule has 0 heterocycles. The fourth-order valence-electron chi connectivity index (χ4n) is 3.11. The van der Waals surface area contributed by atoms with E-state index in [2.05, 4.69) is 11.4 Å². The summed E-state index contributed by atoms with van der Waals surface area (Å²) >= 11 is 0. The van der Waals surface area contributed by atoms with Gasteiger partial charge in [-0.05, 0) is 49.8 Å². The summed E-state index contributed by atoms with van der Waals surface area (Å²) in [6.45, 7) is 1.02. The van der Waals surface area contributed by atoms with E-state index < -0.39 is 10.0 Å². The number of ether oxygens (including phenoxy) is 1. The van der Waals surface area contributed by atoms with Crippen LogP contribution >= 0.6 is 0 Å². The summed E-state index contributed by atoms with van der Waals surface area (Å²) < 4.78 is 30.6. The van der Waals surface area contributed by atoms with Crippen LogP contribution in [0.15, 0.2) is 35.9 Å². The summed E-state index contributed by atoms with van der Waals surface area (Å²) in [5.74, 6) is 0.604. The molecule has 150 valence electrons. The van der Waals surface area contributed by atoms with Crippen molar-refractivity contribution in [1.82, 2.24) is 9.62 Å². The predicted molar refractivity (Wildman–Crippen MR) is 107 cm³/mol. The first-order valence-electron chi connectivity index (χ1n) is 9.41. The molecular formula is C20H30N2O4S. The van der Waals surface area contributed by atoms with Crippen LogP contribution in [0, 0.1) is 0 Å². The molecule has 1 amide bonds. The molecule has 27 heavy (non-hydrogen) atoms. The number of rotatable bonds is 10. The molecule has 0 unspecified atom stereocenters. The zero-order valence-corrected chi connectivity index (χ0v) is 17.1. The molecule has 1 aromatic carbocycles. The van der Waals surface area contributed by atoms with Crippen molar-refractivity contribution in [2.45, 2.75) is 45.1 Å². The fourth-order valence-corrected chi connectivity index (χ4v) is 3.91. The number of carbonyl (C=O) groups is 1. The fraction of sp³-hybridized carbons (Fsp3) is 0.550. The lowest BCUT2D eigenvalue weighted by Gasteiger charge is -2.20. The molecule has 0 aliphatic heterocycles. The van der Waals surface area contributed by atoms with E-state index in [1.165, 1.54) is 29.0 Å². The van der Waals surface area contributed by atoms with Crippen LogP contribution in [-0.2, 0) is 21.4 Å². The molecule has 0 aromatic heterocycles. The predicted octanol–water partition coefficient (Wildman–Crippen LogP) is 2.85.